The van der Waals surface area contributed by atoms with Gasteiger partial charge in [-0.2, -0.15) is 0 Å². The summed E-state index contributed by atoms with van der Waals surface area (Å²) in [5.74, 6) is 1.37. The first-order valence-corrected chi connectivity index (χ1v) is 12.0. The fraction of sp³-hybridized carbons (Fsp3) is 0.320. The Balaban J connectivity index is 1.51. The van der Waals surface area contributed by atoms with E-state index in [2.05, 4.69) is 10.2 Å². The molecule has 0 fully saturated rings. The van der Waals surface area contributed by atoms with E-state index in [9.17, 15) is 4.79 Å². The highest BCUT2D eigenvalue weighted by Gasteiger charge is 2.34. The Kier molecular flexibility index (Phi) is 7.50. The molecule has 1 aliphatic rings. The molecule has 34 heavy (non-hydrogen) atoms. The van der Waals surface area contributed by atoms with Gasteiger partial charge in [0.1, 0.15) is 38.4 Å². The lowest BCUT2D eigenvalue weighted by atomic mass is 9.99. The fourth-order valence-corrected chi connectivity index (χ4v) is 4.69. The molecule has 1 aromatic heterocycles. The van der Waals surface area contributed by atoms with E-state index in [0.717, 1.165) is 26.7 Å². The molecular weight excluding hydrogens is 476 g/mol. The van der Waals surface area contributed by atoms with E-state index >= 15 is 0 Å². The summed E-state index contributed by atoms with van der Waals surface area (Å²) in [7, 11) is 3.07. The lowest BCUT2D eigenvalue weighted by Crippen LogP contribution is -2.28. The number of carbonyl (C=O) groups is 1. The van der Waals surface area contributed by atoms with Crippen LogP contribution in [0.15, 0.2) is 42.5 Å². The number of ketones is 1. The molecule has 2 aromatic carbocycles. The lowest BCUT2D eigenvalue weighted by Gasteiger charge is -2.21. The summed E-state index contributed by atoms with van der Waals surface area (Å²) >= 11 is 7.80. The van der Waals surface area contributed by atoms with E-state index in [1.54, 1.807) is 12.1 Å². The number of aryl methyl sites for hydroxylation is 1. The van der Waals surface area contributed by atoms with Gasteiger partial charge in [-0.25, -0.2) is 0 Å². The van der Waals surface area contributed by atoms with Gasteiger partial charge in [0.15, 0.2) is 6.10 Å². The molecule has 9 heteroatoms. The number of Topliss-reactive ketones (excluding diaryl/α,β-unsaturated/α-hetero) is 1. The van der Waals surface area contributed by atoms with Crippen LogP contribution in [0.3, 0.4) is 0 Å². The fourth-order valence-electron chi connectivity index (χ4n) is 3.73. The average Bonchev–Trinajstić information content (AvgIpc) is 3.52. The van der Waals surface area contributed by atoms with Crippen molar-refractivity contribution in [3.63, 3.8) is 0 Å². The minimum atomic E-state index is -0.734. The van der Waals surface area contributed by atoms with Gasteiger partial charge in [-0.05, 0) is 37.6 Å². The molecule has 0 bridgehead atoms. The first-order chi connectivity index (χ1) is 16.4. The maximum Gasteiger partial charge on any atom is 0.206 e. The topological polar surface area (TPSA) is 79.8 Å². The highest BCUT2D eigenvalue weighted by atomic mass is 35.5. The number of ether oxygens (including phenoxy) is 4. The van der Waals surface area contributed by atoms with E-state index in [1.807, 2.05) is 44.2 Å². The van der Waals surface area contributed by atoms with Gasteiger partial charge in [0, 0.05) is 24.2 Å². The molecule has 0 radical (unpaired) electrons. The van der Waals surface area contributed by atoms with Crippen molar-refractivity contribution in [1.29, 1.82) is 0 Å². The predicted molar refractivity (Wildman–Crippen MR) is 131 cm³/mol. The van der Waals surface area contributed by atoms with E-state index in [4.69, 9.17) is 30.5 Å². The first-order valence-electron chi connectivity index (χ1n) is 10.8. The Morgan fingerprint density at radius 3 is 2.38 bits per heavy atom. The number of hydrogen-bond donors (Lipinski definition) is 0. The Morgan fingerprint density at radius 2 is 1.82 bits per heavy atom. The minimum absolute atomic E-state index is 0.138. The van der Waals surface area contributed by atoms with Crippen molar-refractivity contribution >= 4 is 34.5 Å². The standard InChI is InChI=1S/C25H25ClN2O5S/c1-5-32-24(15-6-8-16(9-7-15)25-28-27-14(2)34-25)23(29)19-11-10-18(33-19)17-12-20(30-3)22(26)21(13-17)31-4/h6-10,12-13,19,24H,5,11H2,1-4H3/t19?,24-/m1/s1. The molecule has 3 aromatic rings. The molecule has 1 aliphatic heterocycles. The molecule has 0 spiro atoms. The highest BCUT2D eigenvalue weighted by molar-refractivity contribution is 7.14. The van der Waals surface area contributed by atoms with Gasteiger partial charge < -0.3 is 18.9 Å². The SMILES string of the molecule is CCO[C@@H](C(=O)C1CC=C(c2cc(OC)c(Cl)c(OC)c2)O1)c1ccc(-c2nnc(C)s2)cc1. The van der Waals surface area contributed by atoms with E-state index in [1.165, 1.54) is 25.6 Å². The summed E-state index contributed by atoms with van der Waals surface area (Å²) in [5, 5.41) is 10.4. The van der Waals surface area contributed by atoms with Crippen LogP contribution in [0, 0.1) is 6.92 Å². The molecule has 178 valence electrons. The molecule has 0 saturated heterocycles. The largest absolute Gasteiger partial charge is 0.495 e. The average molecular weight is 501 g/mol. The van der Waals surface area contributed by atoms with E-state index in [0.29, 0.717) is 35.3 Å². The second-order valence-corrected chi connectivity index (χ2v) is 9.15. The van der Waals surface area contributed by atoms with Gasteiger partial charge in [0.25, 0.3) is 0 Å². The van der Waals surface area contributed by atoms with Gasteiger partial charge in [-0.1, -0.05) is 47.2 Å². The first kappa shape index (κ1) is 24.2. The zero-order valence-electron chi connectivity index (χ0n) is 19.3. The summed E-state index contributed by atoms with van der Waals surface area (Å²) in [4.78, 5) is 13.4. The monoisotopic (exact) mass is 500 g/mol. The summed E-state index contributed by atoms with van der Waals surface area (Å²) in [5.41, 5.74) is 2.44. The van der Waals surface area contributed by atoms with Crippen LogP contribution >= 0.6 is 22.9 Å². The maximum absolute atomic E-state index is 13.4. The number of hydrogen-bond acceptors (Lipinski definition) is 8. The maximum atomic E-state index is 13.4. The van der Waals surface area contributed by atoms with Gasteiger partial charge >= 0.3 is 0 Å². The van der Waals surface area contributed by atoms with E-state index in [-0.39, 0.29) is 5.78 Å². The van der Waals surface area contributed by atoms with Crippen LogP contribution in [-0.4, -0.2) is 42.9 Å². The van der Waals surface area contributed by atoms with Crippen LogP contribution in [-0.2, 0) is 14.3 Å². The van der Waals surface area contributed by atoms with Crippen LogP contribution < -0.4 is 9.47 Å². The summed E-state index contributed by atoms with van der Waals surface area (Å²) < 4.78 is 22.6. The Bertz CT molecular complexity index is 1180. The van der Waals surface area contributed by atoms with Crippen LogP contribution in [0.2, 0.25) is 5.02 Å². The number of halogens is 1. The Labute approximate surface area is 207 Å². The van der Waals surface area contributed by atoms with Gasteiger partial charge in [-0.15, -0.1) is 10.2 Å². The third-order valence-electron chi connectivity index (χ3n) is 5.41. The van der Waals surface area contributed by atoms with Crippen LogP contribution in [0.25, 0.3) is 16.3 Å². The summed E-state index contributed by atoms with van der Waals surface area (Å²) in [6.07, 6.45) is 0.925. The van der Waals surface area contributed by atoms with Gasteiger partial charge in [0.05, 0.1) is 14.2 Å². The highest BCUT2D eigenvalue weighted by Crippen LogP contribution is 2.40. The van der Waals surface area contributed by atoms with Crippen LogP contribution in [0.1, 0.15) is 35.6 Å². The smallest absolute Gasteiger partial charge is 0.206 e. The third kappa shape index (κ3) is 4.94. The molecule has 1 unspecified atom stereocenters. The molecule has 7 nitrogen and oxygen atoms in total. The summed E-state index contributed by atoms with van der Waals surface area (Å²) in [6.45, 7) is 4.18. The van der Waals surface area contributed by atoms with Gasteiger partial charge in [0.2, 0.25) is 5.78 Å². The van der Waals surface area contributed by atoms with E-state index < -0.39 is 12.2 Å². The van der Waals surface area contributed by atoms with Crippen molar-refractivity contribution in [2.75, 3.05) is 20.8 Å². The van der Waals surface area contributed by atoms with Crippen LogP contribution in [0.5, 0.6) is 11.5 Å². The number of nitrogens with zero attached hydrogens (tertiary/aromatic N) is 2. The predicted octanol–water partition coefficient (Wildman–Crippen LogP) is 5.66. The van der Waals surface area contributed by atoms with Crippen molar-refractivity contribution in [2.45, 2.75) is 32.5 Å². The van der Waals surface area contributed by atoms with Gasteiger partial charge in [-0.3, -0.25) is 4.79 Å². The lowest BCUT2D eigenvalue weighted by molar-refractivity contribution is -0.138. The molecule has 0 aliphatic carbocycles. The Hall–Kier alpha value is -2.94. The van der Waals surface area contributed by atoms with Crippen molar-refractivity contribution in [2.24, 2.45) is 0 Å². The second kappa shape index (κ2) is 10.5. The van der Waals surface area contributed by atoms with Crippen molar-refractivity contribution in [3.8, 4) is 22.1 Å². The molecule has 0 N–H and O–H groups in total. The van der Waals surface area contributed by atoms with Crippen molar-refractivity contribution < 1.29 is 23.7 Å². The van der Waals surface area contributed by atoms with Crippen molar-refractivity contribution in [1.82, 2.24) is 10.2 Å². The quantitative estimate of drug-likeness (QED) is 0.375. The second-order valence-electron chi connectivity index (χ2n) is 7.59. The minimum Gasteiger partial charge on any atom is -0.495 e. The number of benzene rings is 2. The molecule has 2 heterocycles. The molecular formula is C25H25ClN2O5S. The van der Waals surface area contributed by atoms with Crippen LogP contribution in [0.4, 0.5) is 0 Å². The zero-order chi connectivity index (χ0) is 24.2. The molecule has 0 amide bonds. The number of methoxy groups -OCH3 is 2. The Morgan fingerprint density at radius 1 is 1.15 bits per heavy atom. The molecule has 0 saturated carbocycles. The molecule has 2 atom stereocenters. The zero-order valence-corrected chi connectivity index (χ0v) is 20.9. The normalized spacial score (nSPS) is 16.0. The number of rotatable bonds is 9. The summed E-state index contributed by atoms with van der Waals surface area (Å²) in [6, 6.07) is 11.2. The number of aromatic nitrogens is 2. The third-order valence-corrected chi connectivity index (χ3v) is 6.67. The number of carbonyl (C=O) groups excluding carboxylic acids is 1. The van der Waals surface area contributed by atoms with Crippen molar-refractivity contribution in [3.05, 3.63) is 63.6 Å². The molecule has 4 rings (SSSR count).